The summed E-state index contributed by atoms with van der Waals surface area (Å²) in [6, 6.07) is 13.9. The number of hydrogen-bond acceptors (Lipinski definition) is 4. The molecule has 1 saturated heterocycles. The van der Waals surface area contributed by atoms with E-state index in [1.54, 1.807) is 13.3 Å². The largest absolute Gasteiger partial charge is 0.497 e. The van der Waals surface area contributed by atoms with E-state index in [0.29, 0.717) is 6.54 Å². The molecule has 1 aliphatic heterocycles. The first-order chi connectivity index (χ1) is 12.2. The summed E-state index contributed by atoms with van der Waals surface area (Å²) in [4.78, 5) is 17.0. The van der Waals surface area contributed by atoms with Crippen LogP contribution in [0.3, 0.4) is 0 Å². The number of aryl methyl sites for hydroxylation is 1. The third kappa shape index (κ3) is 4.37. The maximum atomic E-state index is 12.7. The highest BCUT2D eigenvalue weighted by Gasteiger charge is 2.43. The molecule has 0 saturated carbocycles. The minimum absolute atomic E-state index is 0.134. The molecule has 0 bridgehead atoms. The van der Waals surface area contributed by atoms with Gasteiger partial charge in [0.05, 0.1) is 12.5 Å². The topological polar surface area (TPSA) is 63.2 Å². The molecule has 0 atom stereocenters. The summed E-state index contributed by atoms with van der Waals surface area (Å²) < 4.78 is 5.28. The van der Waals surface area contributed by atoms with Crippen LogP contribution in [0.2, 0.25) is 0 Å². The zero-order valence-electron chi connectivity index (χ0n) is 14.6. The molecular weight excluding hydrogens is 314 g/mol. The number of rotatable bonds is 8. The Bertz CT molecular complexity index is 699. The SMILES string of the molecule is COc1cccc(CC2(C(=O)NCCCc3ccccn3)CNC2)c1. The highest BCUT2D eigenvalue weighted by atomic mass is 16.5. The van der Waals surface area contributed by atoms with Gasteiger partial charge in [-0.05, 0) is 49.1 Å². The van der Waals surface area contributed by atoms with Gasteiger partial charge in [-0.15, -0.1) is 0 Å². The number of amides is 1. The van der Waals surface area contributed by atoms with Crippen molar-refractivity contribution < 1.29 is 9.53 Å². The molecule has 0 unspecified atom stereocenters. The summed E-state index contributed by atoms with van der Waals surface area (Å²) in [5.74, 6) is 0.964. The Morgan fingerprint density at radius 1 is 1.28 bits per heavy atom. The Balaban J connectivity index is 1.52. The van der Waals surface area contributed by atoms with Crippen LogP contribution < -0.4 is 15.4 Å². The molecule has 132 valence electrons. The molecule has 1 amide bonds. The fourth-order valence-corrected chi connectivity index (χ4v) is 3.17. The van der Waals surface area contributed by atoms with Gasteiger partial charge in [-0.25, -0.2) is 0 Å². The smallest absolute Gasteiger partial charge is 0.229 e. The van der Waals surface area contributed by atoms with Crippen molar-refractivity contribution in [2.45, 2.75) is 19.3 Å². The average Bonchev–Trinajstić information content (AvgIpc) is 2.62. The first-order valence-corrected chi connectivity index (χ1v) is 8.74. The van der Waals surface area contributed by atoms with Gasteiger partial charge in [-0.3, -0.25) is 9.78 Å². The highest BCUT2D eigenvalue weighted by molar-refractivity contribution is 5.84. The molecule has 0 radical (unpaired) electrons. The zero-order valence-corrected chi connectivity index (χ0v) is 14.6. The maximum absolute atomic E-state index is 12.7. The lowest BCUT2D eigenvalue weighted by atomic mass is 9.75. The van der Waals surface area contributed by atoms with Crippen molar-refractivity contribution in [2.24, 2.45) is 5.41 Å². The standard InChI is InChI=1S/C20H25N3O2/c1-25-18-9-4-6-16(12-18)13-20(14-21-15-20)19(24)23-11-5-8-17-7-2-3-10-22-17/h2-4,6-7,9-10,12,21H,5,8,11,13-15H2,1H3,(H,23,24). The number of benzene rings is 1. The van der Waals surface area contributed by atoms with Crippen molar-refractivity contribution in [2.75, 3.05) is 26.7 Å². The maximum Gasteiger partial charge on any atom is 0.229 e. The lowest BCUT2D eigenvalue weighted by Crippen LogP contribution is -2.62. The summed E-state index contributed by atoms with van der Waals surface area (Å²) >= 11 is 0. The van der Waals surface area contributed by atoms with E-state index in [1.807, 2.05) is 36.4 Å². The number of hydrogen-bond donors (Lipinski definition) is 2. The monoisotopic (exact) mass is 339 g/mol. The number of nitrogens with one attached hydrogen (secondary N) is 2. The minimum Gasteiger partial charge on any atom is -0.497 e. The van der Waals surface area contributed by atoms with Crippen molar-refractivity contribution in [1.82, 2.24) is 15.6 Å². The number of methoxy groups -OCH3 is 1. The van der Waals surface area contributed by atoms with Crippen LogP contribution in [0.4, 0.5) is 0 Å². The van der Waals surface area contributed by atoms with E-state index in [4.69, 9.17) is 4.74 Å². The fourth-order valence-electron chi connectivity index (χ4n) is 3.17. The predicted octanol–water partition coefficient (Wildman–Crippen LogP) is 1.97. The summed E-state index contributed by atoms with van der Waals surface area (Å²) in [7, 11) is 1.66. The molecule has 0 spiro atoms. The van der Waals surface area contributed by atoms with Crippen LogP contribution in [0, 0.1) is 5.41 Å². The van der Waals surface area contributed by atoms with Gasteiger partial charge in [0, 0.05) is 31.5 Å². The van der Waals surface area contributed by atoms with Crippen molar-refractivity contribution in [1.29, 1.82) is 0 Å². The van der Waals surface area contributed by atoms with Crippen LogP contribution in [-0.2, 0) is 17.6 Å². The molecule has 2 heterocycles. The van der Waals surface area contributed by atoms with Crippen LogP contribution in [0.5, 0.6) is 5.75 Å². The lowest BCUT2D eigenvalue weighted by Gasteiger charge is -2.41. The Labute approximate surface area is 148 Å². The number of pyridine rings is 1. The lowest BCUT2D eigenvalue weighted by molar-refractivity contribution is -0.133. The molecule has 5 heteroatoms. The quantitative estimate of drug-likeness (QED) is 0.722. The Morgan fingerprint density at radius 3 is 2.84 bits per heavy atom. The van der Waals surface area contributed by atoms with E-state index < -0.39 is 0 Å². The number of carbonyl (C=O) groups excluding carboxylic acids is 1. The van der Waals surface area contributed by atoms with Crippen LogP contribution >= 0.6 is 0 Å². The molecule has 2 N–H and O–H groups in total. The van der Waals surface area contributed by atoms with Crippen molar-refractivity contribution in [3.63, 3.8) is 0 Å². The van der Waals surface area contributed by atoms with Gasteiger partial charge in [-0.1, -0.05) is 18.2 Å². The van der Waals surface area contributed by atoms with Gasteiger partial charge in [-0.2, -0.15) is 0 Å². The normalized spacial score (nSPS) is 15.2. The summed E-state index contributed by atoms with van der Waals surface area (Å²) in [6.45, 7) is 2.11. The molecule has 1 aromatic heterocycles. The van der Waals surface area contributed by atoms with Crippen molar-refractivity contribution in [3.05, 3.63) is 59.9 Å². The van der Waals surface area contributed by atoms with E-state index in [-0.39, 0.29) is 11.3 Å². The molecule has 0 aliphatic carbocycles. The Hall–Kier alpha value is -2.40. The van der Waals surface area contributed by atoms with Gasteiger partial charge in [0.1, 0.15) is 5.75 Å². The number of nitrogens with zero attached hydrogens (tertiary/aromatic N) is 1. The Morgan fingerprint density at radius 2 is 2.16 bits per heavy atom. The van der Waals surface area contributed by atoms with Gasteiger partial charge < -0.3 is 15.4 Å². The fraction of sp³-hybridized carbons (Fsp3) is 0.400. The van der Waals surface area contributed by atoms with Gasteiger partial charge in [0.2, 0.25) is 5.91 Å². The van der Waals surface area contributed by atoms with Gasteiger partial charge in [0.15, 0.2) is 0 Å². The molecule has 3 rings (SSSR count). The number of aromatic nitrogens is 1. The molecule has 1 aliphatic rings. The Kier molecular flexibility index (Phi) is 5.66. The van der Waals surface area contributed by atoms with Gasteiger partial charge >= 0.3 is 0 Å². The van der Waals surface area contributed by atoms with Gasteiger partial charge in [0.25, 0.3) is 0 Å². The highest BCUT2D eigenvalue weighted by Crippen LogP contribution is 2.29. The van der Waals surface area contributed by atoms with E-state index in [1.165, 1.54) is 0 Å². The first-order valence-electron chi connectivity index (χ1n) is 8.74. The van der Waals surface area contributed by atoms with Crippen molar-refractivity contribution >= 4 is 5.91 Å². The number of carbonyl (C=O) groups is 1. The molecule has 5 nitrogen and oxygen atoms in total. The summed E-state index contributed by atoms with van der Waals surface area (Å²) in [5, 5.41) is 6.35. The third-order valence-electron chi connectivity index (χ3n) is 4.71. The van der Waals surface area contributed by atoms with E-state index in [2.05, 4.69) is 21.7 Å². The van der Waals surface area contributed by atoms with E-state index in [0.717, 1.165) is 49.4 Å². The molecular formula is C20H25N3O2. The van der Waals surface area contributed by atoms with Crippen LogP contribution in [-0.4, -0.2) is 37.6 Å². The molecule has 1 fully saturated rings. The van der Waals surface area contributed by atoms with Crippen molar-refractivity contribution in [3.8, 4) is 5.75 Å². The second-order valence-electron chi connectivity index (χ2n) is 6.59. The molecule has 1 aromatic carbocycles. The molecule has 2 aromatic rings. The summed E-state index contributed by atoms with van der Waals surface area (Å²) in [5.41, 5.74) is 1.84. The van der Waals surface area contributed by atoms with E-state index >= 15 is 0 Å². The van der Waals surface area contributed by atoms with Crippen LogP contribution in [0.15, 0.2) is 48.7 Å². The molecule has 25 heavy (non-hydrogen) atoms. The first kappa shape index (κ1) is 17.4. The summed E-state index contributed by atoms with van der Waals surface area (Å²) in [6.07, 6.45) is 4.30. The minimum atomic E-state index is -0.350. The third-order valence-corrected chi connectivity index (χ3v) is 4.71. The predicted molar refractivity (Wildman–Crippen MR) is 97.6 cm³/mol. The van der Waals surface area contributed by atoms with E-state index in [9.17, 15) is 4.79 Å². The zero-order chi connectivity index (χ0) is 17.5. The second-order valence-corrected chi connectivity index (χ2v) is 6.59. The van der Waals surface area contributed by atoms with Crippen LogP contribution in [0.25, 0.3) is 0 Å². The number of ether oxygens (including phenoxy) is 1. The average molecular weight is 339 g/mol. The van der Waals surface area contributed by atoms with Crippen LogP contribution in [0.1, 0.15) is 17.7 Å². The second kappa shape index (κ2) is 8.12.